The third-order valence-corrected chi connectivity index (χ3v) is 17.2. The Morgan fingerprint density at radius 2 is 1.20 bits per heavy atom. The molecular weight excluding hydrogens is 1270 g/mol. The summed E-state index contributed by atoms with van der Waals surface area (Å²) in [7, 11) is 0. The minimum absolute atomic E-state index is 0. The van der Waals surface area contributed by atoms with Crippen LogP contribution in [0.3, 0.4) is 0 Å². The number of allylic oxidation sites excluding steroid dienone is 4. The number of para-hydroxylation sites is 3. The van der Waals surface area contributed by atoms with Gasteiger partial charge < -0.3 is 9.30 Å². The Labute approximate surface area is 530 Å². The van der Waals surface area contributed by atoms with Crippen molar-refractivity contribution >= 4 is 50.6 Å². The SMILES string of the molecule is CC(C)C1=CC(c2cc(C(C)(C)C)cc(-c3cc(F)cc(F)c3)c2[N+]2=C=[N+](c3[c-]c(Oc4[c-]c5c(cc4)c4ccccc4n5-c4cc(C(C)(C)C)ccn4)cc(-c4c(-c5ccccc5)cccc4-c4ccccc4)c3)c3ccccc32)CC(C(C)C)=C1.[Pt+2]. The fourth-order valence-electron chi connectivity index (χ4n) is 12.5. The van der Waals surface area contributed by atoms with Crippen molar-refractivity contribution in [2.24, 2.45) is 11.8 Å². The van der Waals surface area contributed by atoms with Gasteiger partial charge in [-0.15, -0.1) is 29.1 Å². The molecule has 8 heteroatoms. The number of hydrogen-bond donors (Lipinski definition) is 0. The van der Waals surface area contributed by atoms with Gasteiger partial charge in [-0.1, -0.05) is 218 Å². The molecular formula is C80H70F2N4OPt+2. The summed E-state index contributed by atoms with van der Waals surface area (Å²) in [5, 5.41) is 2.11. The number of benzene rings is 9. The van der Waals surface area contributed by atoms with Crippen LogP contribution in [-0.2, 0) is 31.9 Å². The number of nitrogens with zero attached hydrogens (tertiary/aromatic N) is 4. The monoisotopic (exact) mass is 1340 g/mol. The summed E-state index contributed by atoms with van der Waals surface area (Å²) >= 11 is 0. The predicted octanol–water partition coefficient (Wildman–Crippen LogP) is 21.6. The van der Waals surface area contributed by atoms with Gasteiger partial charge in [0.15, 0.2) is 0 Å². The molecule has 3 heterocycles. The quantitative estimate of drug-likeness (QED) is 0.0902. The number of fused-ring (bicyclic) bond motifs is 4. The number of halogens is 2. The van der Waals surface area contributed by atoms with Gasteiger partial charge in [0.05, 0.1) is 5.56 Å². The third-order valence-electron chi connectivity index (χ3n) is 17.2. The summed E-state index contributed by atoms with van der Waals surface area (Å²) in [5.41, 5.74) is 17.8. The zero-order valence-corrected chi connectivity index (χ0v) is 53.7. The fourth-order valence-corrected chi connectivity index (χ4v) is 12.5. The standard InChI is InChI=1S/C80H70F2N4O.Pt/c1-50(2)54-36-55(51(3)4)38-56(37-54)70-43-60(80(8,9)10)44-71(57-39-61(81)46-62(82)40-57)78(70)85-49-84(73-30-19-20-31-74(73)85)63-41-58(77-66(52-22-13-11-14-23-52)27-21-28-67(77)53-24-15-12-16-25-53)42-65(47-63)87-64-32-33-69-68-26-17-18-29-72(68)86(75(69)48-64)76-45-59(34-35-83-76)79(5,6)7;/h11-37,39-46,50-51,56H,38H2,1-10H3;/q;+2. The largest absolute Gasteiger partial charge is 2.00 e. The zero-order chi connectivity index (χ0) is 60.5. The Balaban J connectivity index is 0.00000754. The molecule has 1 atom stereocenters. The molecule has 9 aromatic carbocycles. The molecule has 438 valence electrons. The topological polar surface area (TPSA) is 33.1 Å². The molecule has 2 aliphatic rings. The summed E-state index contributed by atoms with van der Waals surface area (Å²) in [6.07, 6.45) is 7.48. The van der Waals surface area contributed by atoms with E-state index in [4.69, 9.17) is 9.72 Å². The van der Waals surface area contributed by atoms with E-state index < -0.39 is 11.6 Å². The second kappa shape index (κ2) is 23.7. The molecule has 0 fully saturated rings. The molecule has 1 aliphatic carbocycles. The molecule has 2 aromatic heterocycles. The minimum Gasteiger partial charge on any atom is -0.509 e. The summed E-state index contributed by atoms with van der Waals surface area (Å²) in [6.45, 7) is 22.3. The molecule has 13 rings (SSSR count). The first-order valence-electron chi connectivity index (χ1n) is 30.3. The molecule has 0 radical (unpaired) electrons. The van der Waals surface area contributed by atoms with Crippen LogP contribution in [0.1, 0.15) is 98.3 Å². The van der Waals surface area contributed by atoms with Crippen LogP contribution < -0.4 is 13.9 Å². The average molecular weight is 1340 g/mol. The predicted molar refractivity (Wildman–Crippen MR) is 356 cm³/mol. The van der Waals surface area contributed by atoms with Gasteiger partial charge in [0, 0.05) is 52.9 Å². The Morgan fingerprint density at radius 3 is 1.85 bits per heavy atom. The number of aromatic nitrogens is 2. The van der Waals surface area contributed by atoms with E-state index in [1.807, 2.05) is 36.5 Å². The molecule has 0 N–H and O–H groups in total. The van der Waals surface area contributed by atoms with E-state index in [2.05, 4.69) is 259 Å². The smallest absolute Gasteiger partial charge is 0.509 e. The van der Waals surface area contributed by atoms with Crippen LogP contribution in [0.4, 0.5) is 31.5 Å². The van der Waals surface area contributed by atoms with Crippen molar-refractivity contribution in [3.63, 3.8) is 0 Å². The molecule has 0 amide bonds. The van der Waals surface area contributed by atoms with Crippen molar-refractivity contribution in [2.75, 3.05) is 0 Å². The molecule has 88 heavy (non-hydrogen) atoms. The van der Waals surface area contributed by atoms with Crippen molar-refractivity contribution in [3.05, 3.63) is 264 Å². The van der Waals surface area contributed by atoms with Crippen molar-refractivity contribution in [1.29, 1.82) is 0 Å². The van der Waals surface area contributed by atoms with Gasteiger partial charge in [-0.2, -0.15) is 6.07 Å². The van der Waals surface area contributed by atoms with Gasteiger partial charge in [0.25, 0.3) is 11.4 Å². The maximum atomic E-state index is 15.8. The van der Waals surface area contributed by atoms with E-state index in [0.29, 0.717) is 34.2 Å². The zero-order valence-electron chi connectivity index (χ0n) is 51.4. The van der Waals surface area contributed by atoms with Crippen LogP contribution in [0.5, 0.6) is 11.5 Å². The maximum Gasteiger partial charge on any atom is 2.00 e. The molecule has 0 bridgehead atoms. The molecule has 5 nitrogen and oxygen atoms in total. The Hall–Kier alpha value is -8.86. The van der Waals surface area contributed by atoms with Crippen LogP contribution in [0.15, 0.2) is 224 Å². The van der Waals surface area contributed by atoms with E-state index >= 15 is 8.78 Å². The first kappa shape index (κ1) is 59.5. The fraction of sp³-hybridized carbons (Fsp3) is 0.200. The second-order valence-corrected chi connectivity index (χ2v) is 25.9. The first-order valence-corrected chi connectivity index (χ1v) is 30.3. The van der Waals surface area contributed by atoms with Gasteiger partial charge in [-0.25, -0.2) is 13.8 Å². The van der Waals surface area contributed by atoms with E-state index in [1.165, 1.54) is 28.8 Å². The van der Waals surface area contributed by atoms with Crippen molar-refractivity contribution in [3.8, 4) is 61.8 Å². The van der Waals surface area contributed by atoms with Gasteiger partial charge >= 0.3 is 27.1 Å². The molecule has 11 aromatic rings. The van der Waals surface area contributed by atoms with Gasteiger partial charge in [0.2, 0.25) is 5.69 Å². The van der Waals surface area contributed by atoms with Crippen LogP contribution in [0.25, 0.3) is 72.1 Å². The molecule has 0 saturated carbocycles. The van der Waals surface area contributed by atoms with Crippen LogP contribution in [0.2, 0.25) is 0 Å². The van der Waals surface area contributed by atoms with Gasteiger partial charge in [0.1, 0.15) is 23.1 Å². The number of ether oxygens (including phenoxy) is 1. The normalized spacial score (nSPS) is 14.2. The summed E-state index contributed by atoms with van der Waals surface area (Å²) < 4.78 is 45.2. The average Bonchev–Trinajstić information content (AvgIpc) is 3.47. The van der Waals surface area contributed by atoms with Crippen LogP contribution in [-0.4, -0.2) is 15.6 Å². The maximum absolute atomic E-state index is 15.8. The third kappa shape index (κ3) is 11.4. The number of pyridine rings is 1. The van der Waals surface area contributed by atoms with E-state index in [1.54, 1.807) is 0 Å². The van der Waals surface area contributed by atoms with Gasteiger partial charge in [-0.05, 0) is 132 Å². The van der Waals surface area contributed by atoms with E-state index in [9.17, 15) is 0 Å². The second-order valence-electron chi connectivity index (χ2n) is 25.9. The Bertz CT molecular complexity index is 4590. The van der Waals surface area contributed by atoms with Crippen molar-refractivity contribution < 1.29 is 34.6 Å². The molecule has 1 aliphatic heterocycles. The Kier molecular flexibility index (Phi) is 16.0. The minimum atomic E-state index is -0.645. The summed E-state index contributed by atoms with van der Waals surface area (Å²) in [4.78, 5) is 4.96. The Morgan fingerprint density at radius 1 is 0.568 bits per heavy atom. The van der Waals surface area contributed by atoms with Crippen molar-refractivity contribution in [2.45, 2.75) is 92.4 Å². The number of hydrogen-bond acceptors (Lipinski definition) is 2. The van der Waals surface area contributed by atoms with E-state index in [-0.39, 0.29) is 43.7 Å². The van der Waals surface area contributed by atoms with Crippen LogP contribution in [0, 0.1) is 35.6 Å². The van der Waals surface area contributed by atoms with Crippen molar-refractivity contribution in [1.82, 2.24) is 18.7 Å². The summed E-state index contributed by atoms with van der Waals surface area (Å²) in [5.74, 6) is 0.973. The first-order chi connectivity index (χ1) is 41.8. The number of rotatable bonds is 12. The van der Waals surface area contributed by atoms with Crippen LogP contribution >= 0.6 is 0 Å². The molecule has 1 unspecified atom stereocenters. The van der Waals surface area contributed by atoms with E-state index in [0.717, 1.165) is 102 Å². The molecule has 0 saturated heterocycles. The molecule has 0 spiro atoms. The van der Waals surface area contributed by atoms with Gasteiger partial charge in [-0.3, -0.25) is 0 Å². The summed E-state index contributed by atoms with van der Waals surface area (Å²) in [6, 6.07) is 76.6.